The molecule has 0 saturated heterocycles. The van der Waals surface area contributed by atoms with Crippen LogP contribution in [-0.2, 0) is 16.1 Å². The average Bonchev–Trinajstić information content (AvgIpc) is 3.30. The molecule has 1 N–H and O–H groups in total. The first-order valence-electron chi connectivity index (χ1n) is 11.2. The maximum absolute atomic E-state index is 14.0. The molecule has 3 aromatic rings. The van der Waals surface area contributed by atoms with Crippen LogP contribution in [0.1, 0.15) is 44.4 Å². The normalized spacial score (nSPS) is 14.9. The van der Waals surface area contributed by atoms with Crippen LogP contribution in [-0.4, -0.2) is 33.9 Å². The number of nitrogens with zero attached hydrogens (tertiary/aromatic N) is 3. The van der Waals surface area contributed by atoms with Gasteiger partial charge in [-0.05, 0) is 44.0 Å². The molecule has 0 spiro atoms. The lowest BCUT2D eigenvalue weighted by atomic mass is 9.95. The van der Waals surface area contributed by atoms with Gasteiger partial charge >= 0.3 is 5.97 Å². The molecule has 1 atom stereocenters. The molecule has 8 nitrogen and oxygen atoms in total. The molecule has 0 fully saturated rings. The number of hydrogen-bond acceptors (Lipinski definition) is 7. The molecule has 9 heteroatoms. The van der Waals surface area contributed by atoms with Crippen molar-refractivity contribution in [1.82, 2.24) is 14.8 Å². The van der Waals surface area contributed by atoms with Gasteiger partial charge in [0.2, 0.25) is 5.95 Å². The highest BCUT2D eigenvalue weighted by Gasteiger charge is 2.34. The first-order valence-corrected chi connectivity index (χ1v) is 11.2. The molecule has 178 valence electrons. The van der Waals surface area contributed by atoms with E-state index in [0.29, 0.717) is 53.9 Å². The first kappa shape index (κ1) is 23.3. The van der Waals surface area contributed by atoms with Crippen molar-refractivity contribution < 1.29 is 23.4 Å². The smallest absolute Gasteiger partial charge is 0.338 e. The van der Waals surface area contributed by atoms with Gasteiger partial charge in [0.25, 0.3) is 0 Å². The summed E-state index contributed by atoms with van der Waals surface area (Å²) in [5.74, 6) is 0.720. The van der Waals surface area contributed by atoms with Crippen molar-refractivity contribution in [3.8, 4) is 11.5 Å². The second kappa shape index (κ2) is 10.4. The number of benzene rings is 2. The van der Waals surface area contributed by atoms with Gasteiger partial charge in [0.15, 0.2) is 11.5 Å². The summed E-state index contributed by atoms with van der Waals surface area (Å²) in [7, 11) is 0. The molecule has 0 amide bonds. The molecular weight excluding hydrogens is 439 g/mol. The van der Waals surface area contributed by atoms with Gasteiger partial charge in [0, 0.05) is 11.3 Å². The summed E-state index contributed by atoms with van der Waals surface area (Å²) in [6, 6.07) is 11.3. The number of anilines is 1. The monoisotopic (exact) mass is 466 g/mol. The Kier molecular flexibility index (Phi) is 7.10. The molecule has 1 aliphatic heterocycles. The fraction of sp³-hybridized carbons (Fsp3) is 0.320. The number of aromatic nitrogens is 3. The Bertz CT molecular complexity index is 1210. The summed E-state index contributed by atoms with van der Waals surface area (Å²) < 4.78 is 32.8. The molecule has 1 aliphatic rings. The lowest BCUT2D eigenvalue weighted by Crippen LogP contribution is -2.29. The van der Waals surface area contributed by atoms with E-state index in [1.807, 2.05) is 32.9 Å². The molecule has 2 aromatic carbocycles. The van der Waals surface area contributed by atoms with Crippen LogP contribution >= 0.6 is 0 Å². The molecule has 1 aromatic heterocycles. The number of carbonyl (C=O) groups excluding carboxylic acids is 1. The second-order valence-corrected chi connectivity index (χ2v) is 7.75. The maximum atomic E-state index is 14.0. The topological polar surface area (TPSA) is 87.5 Å². The van der Waals surface area contributed by atoms with Crippen LogP contribution in [0.3, 0.4) is 0 Å². The van der Waals surface area contributed by atoms with Crippen LogP contribution in [0.25, 0.3) is 0 Å². The first-order chi connectivity index (χ1) is 16.5. The molecule has 0 bridgehead atoms. The molecule has 0 saturated carbocycles. The number of carbonyl (C=O) groups is 1. The molecule has 34 heavy (non-hydrogen) atoms. The van der Waals surface area contributed by atoms with Crippen LogP contribution in [0, 0.1) is 5.82 Å². The lowest BCUT2D eigenvalue weighted by molar-refractivity contribution is -0.139. The van der Waals surface area contributed by atoms with Crippen molar-refractivity contribution in [1.29, 1.82) is 0 Å². The summed E-state index contributed by atoms with van der Waals surface area (Å²) in [5.41, 5.74) is 2.27. The van der Waals surface area contributed by atoms with Crippen LogP contribution in [0.2, 0.25) is 0 Å². The van der Waals surface area contributed by atoms with E-state index in [9.17, 15) is 9.18 Å². The Morgan fingerprint density at radius 2 is 1.97 bits per heavy atom. The highest BCUT2D eigenvalue weighted by atomic mass is 19.1. The number of nitrogens with one attached hydrogen (secondary N) is 1. The predicted molar refractivity (Wildman–Crippen MR) is 124 cm³/mol. The van der Waals surface area contributed by atoms with E-state index in [4.69, 9.17) is 14.2 Å². The van der Waals surface area contributed by atoms with Gasteiger partial charge in [0.1, 0.15) is 24.8 Å². The van der Waals surface area contributed by atoms with E-state index in [1.165, 1.54) is 12.4 Å². The van der Waals surface area contributed by atoms with E-state index in [0.717, 1.165) is 5.56 Å². The maximum Gasteiger partial charge on any atom is 0.338 e. The Balaban J connectivity index is 1.69. The van der Waals surface area contributed by atoms with E-state index in [1.54, 1.807) is 28.9 Å². The van der Waals surface area contributed by atoms with Crippen LogP contribution in [0.15, 0.2) is 60.1 Å². The average molecular weight is 467 g/mol. The van der Waals surface area contributed by atoms with Crippen LogP contribution in [0.5, 0.6) is 11.5 Å². The third kappa shape index (κ3) is 4.73. The minimum Gasteiger partial charge on any atom is -0.490 e. The van der Waals surface area contributed by atoms with Gasteiger partial charge in [-0.2, -0.15) is 10.1 Å². The largest absolute Gasteiger partial charge is 0.490 e. The van der Waals surface area contributed by atoms with Gasteiger partial charge in [0.05, 0.1) is 18.8 Å². The number of esters is 1. The zero-order chi connectivity index (χ0) is 24.1. The highest BCUT2D eigenvalue weighted by molar-refractivity contribution is 5.92. The molecular formula is C25H27FN4O4. The Hall–Kier alpha value is -3.88. The number of rotatable bonds is 9. The van der Waals surface area contributed by atoms with Gasteiger partial charge in [-0.25, -0.2) is 13.9 Å². The van der Waals surface area contributed by atoms with Gasteiger partial charge in [-0.15, -0.1) is 0 Å². The van der Waals surface area contributed by atoms with E-state index in [2.05, 4.69) is 15.4 Å². The van der Waals surface area contributed by atoms with E-state index in [-0.39, 0.29) is 12.4 Å². The van der Waals surface area contributed by atoms with Crippen LogP contribution < -0.4 is 14.8 Å². The second-order valence-electron chi connectivity index (χ2n) is 7.75. The standard InChI is InChI=1S/C25H27FN4O4/c1-4-12-33-24(31)22-16(3)29-25-27-15-28-30(25)23(22)17-10-11-20(21(13-17)32-5-2)34-14-18-8-6-7-9-19(18)26/h6-11,13,15,23H,4-5,12,14H2,1-3H3,(H,27,28,29). The van der Waals surface area contributed by atoms with Gasteiger partial charge in [-0.1, -0.05) is 31.2 Å². The third-order valence-corrected chi connectivity index (χ3v) is 5.38. The van der Waals surface area contributed by atoms with Crippen molar-refractivity contribution in [2.45, 2.75) is 39.8 Å². The summed E-state index contributed by atoms with van der Waals surface area (Å²) in [5, 5.41) is 7.45. The number of hydrogen-bond donors (Lipinski definition) is 1. The Morgan fingerprint density at radius 3 is 2.74 bits per heavy atom. The quantitative estimate of drug-likeness (QED) is 0.460. The summed E-state index contributed by atoms with van der Waals surface area (Å²) >= 11 is 0. The number of halogens is 1. The van der Waals surface area contributed by atoms with Crippen molar-refractivity contribution >= 4 is 11.9 Å². The number of allylic oxidation sites excluding steroid dienone is 1. The van der Waals surface area contributed by atoms with Crippen molar-refractivity contribution in [3.63, 3.8) is 0 Å². The lowest BCUT2D eigenvalue weighted by Gasteiger charge is -2.28. The molecule has 2 heterocycles. The number of ether oxygens (including phenoxy) is 3. The highest BCUT2D eigenvalue weighted by Crippen LogP contribution is 2.39. The Morgan fingerprint density at radius 1 is 1.15 bits per heavy atom. The van der Waals surface area contributed by atoms with Gasteiger partial charge < -0.3 is 19.5 Å². The molecule has 1 unspecified atom stereocenters. The zero-order valence-electron chi connectivity index (χ0n) is 19.4. The minimum absolute atomic E-state index is 0.0558. The van der Waals surface area contributed by atoms with Crippen molar-refractivity contribution in [2.24, 2.45) is 0 Å². The molecule has 0 aliphatic carbocycles. The van der Waals surface area contributed by atoms with E-state index >= 15 is 0 Å². The SMILES string of the molecule is CCCOC(=O)C1=C(C)Nc2ncnn2C1c1ccc(OCc2ccccc2F)c(OCC)c1. The predicted octanol–water partition coefficient (Wildman–Crippen LogP) is 4.64. The van der Waals surface area contributed by atoms with E-state index < -0.39 is 12.0 Å². The fourth-order valence-electron chi connectivity index (χ4n) is 3.79. The number of fused-ring (bicyclic) bond motifs is 1. The minimum atomic E-state index is -0.567. The zero-order valence-corrected chi connectivity index (χ0v) is 19.4. The summed E-state index contributed by atoms with van der Waals surface area (Å²) in [4.78, 5) is 17.2. The molecule has 0 radical (unpaired) electrons. The molecule has 4 rings (SSSR count). The van der Waals surface area contributed by atoms with Crippen LogP contribution in [0.4, 0.5) is 10.3 Å². The fourth-order valence-corrected chi connectivity index (χ4v) is 3.79. The Labute approximate surface area is 197 Å². The third-order valence-electron chi connectivity index (χ3n) is 5.38. The van der Waals surface area contributed by atoms with Gasteiger partial charge in [-0.3, -0.25) is 0 Å². The summed E-state index contributed by atoms with van der Waals surface area (Å²) in [6.07, 6.45) is 2.14. The van der Waals surface area contributed by atoms with Crippen molar-refractivity contribution in [2.75, 3.05) is 18.5 Å². The summed E-state index contributed by atoms with van der Waals surface area (Å²) in [6.45, 7) is 6.39. The van der Waals surface area contributed by atoms with Crippen molar-refractivity contribution in [3.05, 3.63) is 77.0 Å².